The van der Waals surface area contributed by atoms with Crippen LogP contribution < -0.4 is 0 Å². The molecule has 3 nitrogen and oxygen atoms in total. The minimum Gasteiger partial charge on any atom is -0.376 e. The Morgan fingerprint density at radius 3 is 2.35 bits per heavy atom. The van der Waals surface area contributed by atoms with Gasteiger partial charge in [-0.3, -0.25) is 0 Å². The van der Waals surface area contributed by atoms with Crippen LogP contribution >= 0.6 is 12.6 Å². The molecule has 0 amide bonds. The Balaban J connectivity index is 2.55. The molecule has 1 rings (SSSR count). The first-order valence-electron chi connectivity index (χ1n) is 5.81. The van der Waals surface area contributed by atoms with Crippen molar-refractivity contribution in [1.82, 2.24) is 0 Å². The van der Waals surface area contributed by atoms with Crippen molar-refractivity contribution in [2.45, 2.75) is 32.3 Å². The lowest BCUT2D eigenvalue weighted by Gasteiger charge is -2.16. The Morgan fingerprint density at radius 2 is 1.76 bits per heavy atom. The third-order valence-corrected chi connectivity index (χ3v) is 4.59. The maximum absolute atomic E-state index is 5.69. The predicted molar refractivity (Wildman–Crippen MR) is 73.6 cm³/mol. The van der Waals surface area contributed by atoms with Crippen LogP contribution in [0.1, 0.15) is 25.0 Å². The van der Waals surface area contributed by atoms with Crippen LogP contribution in [-0.2, 0) is 19.9 Å². The van der Waals surface area contributed by atoms with Gasteiger partial charge in [0.15, 0.2) is 0 Å². The molecular formula is C12H20O3SSi. The molecule has 1 aromatic rings. The molecule has 96 valence electrons. The summed E-state index contributed by atoms with van der Waals surface area (Å²) in [6, 6.07) is 6.05. The molecule has 0 heterocycles. The SMILES string of the molecule is CCO[SiH](OCC)OCc1cccc(C)c1S. The van der Waals surface area contributed by atoms with Crippen LogP contribution in [0.15, 0.2) is 23.1 Å². The summed E-state index contributed by atoms with van der Waals surface area (Å²) >= 11 is 4.47. The zero-order valence-electron chi connectivity index (χ0n) is 10.6. The van der Waals surface area contributed by atoms with Gasteiger partial charge in [-0.15, -0.1) is 12.6 Å². The summed E-state index contributed by atoms with van der Waals surface area (Å²) < 4.78 is 16.6. The van der Waals surface area contributed by atoms with E-state index in [0.29, 0.717) is 19.8 Å². The Hall–Kier alpha value is -0.333. The van der Waals surface area contributed by atoms with Crippen LogP contribution in [0.5, 0.6) is 0 Å². The van der Waals surface area contributed by atoms with E-state index in [9.17, 15) is 0 Å². The van der Waals surface area contributed by atoms with Gasteiger partial charge in [0.05, 0.1) is 6.61 Å². The summed E-state index contributed by atoms with van der Waals surface area (Å²) in [5.74, 6) is 0. The fourth-order valence-corrected chi connectivity index (χ4v) is 2.77. The number of aryl methyl sites for hydroxylation is 1. The summed E-state index contributed by atoms with van der Waals surface area (Å²) in [6.45, 7) is 7.66. The molecule has 0 fully saturated rings. The fraction of sp³-hybridized carbons (Fsp3) is 0.500. The van der Waals surface area contributed by atoms with Gasteiger partial charge >= 0.3 is 9.53 Å². The van der Waals surface area contributed by atoms with E-state index in [-0.39, 0.29) is 0 Å². The molecule has 0 unspecified atom stereocenters. The van der Waals surface area contributed by atoms with Gasteiger partial charge in [0.1, 0.15) is 0 Å². The van der Waals surface area contributed by atoms with E-state index >= 15 is 0 Å². The summed E-state index contributed by atoms with van der Waals surface area (Å²) in [5, 5.41) is 0. The summed E-state index contributed by atoms with van der Waals surface area (Å²) in [7, 11) is -1.97. The van der Waals surface area contributed by atoms with Gasteiger partial charge in [0, 0.05) is 18.1 Å². The predicted octanol–water partition coefficient (Wildman–Crippen LogP) is 2.59. The molecule has 0 aromatic heterocycles. The fourth-order valence-electron chi connectivity index (χ4n) is 1.41. The maximum Gasteiger partial charge on any atom is 0.484 e. The molecule has 5 heteroatoms. The number of hydrogen-bond donors (Lipinski definition) is 1. The maximum atomic E-state index is 5.69. The van der Waals surface area contributed by atoms with Gasteiger partial charge < -0.3 is 13.3 Å². The van der Waals surface area contributed by atoms with E-state index in [1.54, 1.807) is 0 Å². The highest BCUT2D eigenvalue weighted by Crippen LogP contribution is 2.19. The second-order valence-corrected chi connectivity index (χ2v) is 5.62. The quantitative estimate of drug-likeness (QED) is 0.611. The van der Waals surface area contributed by atoms with E-state index < -0.39 is 9.53 Å². The summed E-state index contributed by atoms with van der Waals surface area (Å²) in [5.41, 5.74) is 2.23. The molecule has 0 aliphatic rings. The molecule has 0 spiro atoms. The molecule has 17 heavy (non-hydrogen) atoms. The zero-order valence-corrected chi connectivity index (χ0v) is 12.7. The number of benzene rings is 1. The van der Waals surface area contributed by atoms with E-state index in [2.05, 4.69) is 12.6 Å². The smallest absolute Gasteiger partial charge is 0.376 e. The number of thiol groups is 1. The molecule has 0 radical (unpaired) electrons. The normalized spacial score (nSPS) is 11.1. The van der Waals surface area contributed by atoms with Crippen molar-refractivity contribution < 1.29 is 13.3 Å². The van der Waals surface area contributed by atoms with Crippen molar-refractivity contribution in [3.8, 4) is 0 Å². The largest absolute Gasteiger partial charge is 0.484 e. The third kappa shape index (κ3) is 4.81. The van der Waals surface area contributed by atoms with Crippen LogP contribution in [0.2, 0.25) is 0 Å². The molecule has 0 saturated heterocycles. The minimum atomic E-state index is -1.97. The first kappa shape index (κ1) is 14.7. The number of hydrogen-bond acceptors (Lipinski definition) is 4. The van der Waals surface area contributed by atoms with Crippen LogP contribution in [0.3, 0.4) is 0 Å². The van der Waals surface area contributed by atoms with E-state index in [4.69, 9.17) is 13.3 Å². The average Bonchev–Trinajstić information content (AvgIpc) is 2.31. The van der Waals surface area contributed by atoms with Gasteiger partial charge in [-0.2, -0.15) is 0 Å². The molecule has 0 atom stereocenters. The molecular weight excluding hydrogens is 252 g/mol. The van der Waals surface area contributed by atoms with Crippen molar-refractivity contribution in [3.63, 3.8) is 0 Å². The van der Waals surface area contributed by atoms with Crippen molar-refractivity contribution in [3.05, 3.63) is 29.3 Å². The molecule has 0 saturated carbocycles. The van der Waals surface area contributed by atoms with Crippen LogP contribution in [0, 0.1) is 6.92 Å². The first-order valence-corrected chi connectivity index (χ1v) is 7.67. The molecule has 0 N–H and O–H groups in total. The average molecular weight is 272 g/mol. The standard InChI is InChI=1S/C12H20O3SSi/c1-4-13-17(14-5-2)15-9-11-8-6-7-10(3)12(11)16/h6-8,16-17H,4-5,9H2,1-3H3. The van der Waals surface area contributed by atoms with Gasteiger partial charge in [-0.1, -0.05) is 18.2 Å². The summed E-state index contributed by atoms with van der Waals surface area (Å²) in [6.07, 6.45) is 0. The minimum absolute atomic E-state index is 0.497. The van der Waals surface area contributed by atoms with Gasteiger partial charge in [0.25, 0.3) is 0 Å². The Kier molecular flexibility index (Phi) is 6.84. The van der Waals surface area contributed by atoms with Gasteiger partial charge in [-0.05, 0) is 31.9 Å². The Labute approximate surface area is 110 Å². The Morgan fingerprint density at radius 1 is 1.12 bits per heavy atom. The van der Waals surface area contributed by atoms with Crippen molar-refractivity contribution in [2.75, 3.05) is 13.2 Å². The van der Waals surface area contributed by atoms with Crippen molar-refractivity contribution >= 4 is 22.2 Å². The monoisotopic (exact) mass is 272 g/mol. The second kappa shape index (κ2) is 7.89. The lowest BCUT2D eigenvalue weighted by Crippen LogP contribution is -2.27. The van der Waals surface area contributed by atoms with Crippen LogP contribution in [-0.4, -0.2) is 22.7 Å². The van der Waals surface area contributed by atoms with E-state index in [1.165, 1.54) is 0 Å². The molecule has 1 aromatic carbocycles. The molecule has 0 aliphatic heterocycles. The zero-order chi connectivity index (χ0) is 12.7. The highest BCUT2D eigenvalue weighted by Gasteiger charge is 2.14. The first-order chi connectivity index (χ1) is 8.19. The van der Waals surface area contributed by atoms with Crippen LogP contribution in [0.4, 0.5) is 0 Å². The van der Waals surface area contributed by atoms with E-state index in [0.717, 1.165) is 16.0 Å². The highest BCUT2D eigenvalue weighted by molar-refractivity contribution is 7.80. The highest BCUT2D eigenvalue weighted by atomic mass is 32.1. The third-order valence-electron chi connectivity index (χ3n) is 2.30. The van der Waals surface area contributed by atoms with Gasteiger partial charge in [-0.25, -0.2) is 0 Å². The molecule has 0 aliphatic carbocycles. The lowest BCUT2D eigenvalue weighted by molar-refractivity contribution is 0.0954. The van der Waals surface area contributed by atoms with Crippen LogP contribution in [0.25, 0.3) is 0 Å². The second-order valence-electron chi connectivity index (χ2n) is 3.59. The number of rotatable bonds is 7. The van der Waals surface area contributed by atoms with E-state index in [1.807, 2.05) is 39.0 Å². The van der Waals surface area contributed by atoms with Crippen molar-refractivity contribution in [2.24, 2.45) is 0 Å². The Bertz CT molecular complexity index is 341. The lowest BCUT2D eigenvalue weighted by atomic mass is 10.1. The summed E-state index contributed by atoms with van der Waals surface area (Å²) in [4.78, 5) is 0.980. The van der Waals surface area contributed by atoms with Crippen molar-refractivity contribution in [1.29, 1.82) is 0 Å². The van der Waals surface area contributed by atoms with Gasteiger partial charge in [0.2, 0.25) is 0 Å². The molecule has 0 bridgehead atoms. The topological polar surface area (TPSA) is 27.7 Å².